The first-order valence-electron chi connectivity index (χ1n) is 6.30. The predicted molar refractivity (Wildman–Crippen MR) is 82.2 cm³/mol. The molecule has 0 heterocycles. The molecule has 0 unspecified atom stereocenters. The summed E-state index contributed by atoms with van der Waals surface area (Å²) in [5.41, 5.74) is 0.430. The lowest BCUT2D eigenvalue weighted by Crippen LogP contribution is -2.38. The number of halogens is 2. The fourth-order valence-corrected chi connectivity index (χ4v) is 2.57. The van der Waals surface area contributed by atoms with Gasteiger partial charge in [0.05, 0.1) is 10.6 Å². The van der Waals surface area contributed by atoms with Crippen molar-refractivity contribution in [3.05, 3.63) is 33.3 Å². The van der Waals surface area contributed by atoms with E-state index in [9.17, 15) is 9.59 Å². The van der Waals surface area contributed by atoms with E-state index < -0.39 is 5.97 Å². The molecule has 0 bridgehead atoms. The highest BCUT2D eigenvalue weighted by molar-refractivity contribution is 9.10. The van der Waals surface area contributed by atoms with Gasteiger partial charge in [-0.1, -0.05) is 27.5 Å². The number of benzene rings is 1. The Hall–Kier alpha value is -1.07. The van der Waals surface area contributed by atoms with Crippen molar-refractivity contribution < 1.29 is 14.7 Å². The molecule has 0 fully saturated rings. The molecule has 1 aromatic rings. The molecule has 4 nitrogen and oxygen atoms in total. The van der Waals surface area contributed by atoms with Crippen LogP contribution in [0.4, 0.5) is 0 Å². The monoisotopic (exact) mass is 361 g/mol. The molecule has 0 aromatic heterocycles. The summed E-state index contributed by atoms with van der Waals surface area (Å²) in [6.45, 7) is 4.19. The zero-order valence-electron chi connectivity index (χ0n) is 11.4. The predicted octanol–water partition coefficient (Wildman–Crippen LogP) is 3.82. The van der Waals surface area contributed by atoms with E-state index in [0.717, 1.165) is 4.47 Å². The van der Waals surface area contributed by atoms with Gasteiger partial charge < -0.3 is 10.0 Å². The van der Waals surface area contributed by atoms with E-state index in [1.807, 2.05) is 13.8 Å². The van der Waals surface area contributed by atoms with Gasteiger partial charge in [0, 0.05) is 23.5 Å². The topological polar surface area (TPSA) is 57.6 Å². The molecule has 110 valence electrons. The van der Waals surface area contributed by atoms with Crippen LogP contribution < -0.4 is 0 Å². The van der Waals surface area contributed by atoms with Gasteiger partial charge in [-0.15, -0.1) is 0 Å². The first-order chi connectivity index (χ1) is 9.32. The Labute approximate surface area is 131 Å². The lowest BCUT2D eigenvalue weighted by atomic mass is 10.1. The van der Waals surface area contributed by atoms with Gasteiger partial charge >= 0.3 is 5.97 Å². The minimum Gasteiger partial charge on any atom is -0.481 e. The molecule has 1 N–H and O–H groups in total. The smallest absolute Gasteiger partial charge is 0.303 e. The van der Waals surface area contributed by atoms with E-state index in [4.69, 9.17) is 16.7 Å². The summed E-state index contributed by atoms with van der Waals surface area (Å²) >= 11 is 9.38. The van der Waals surface area contributed by atoms with Gasteiger partial charge in [0.15, 0.2) is 0 Å². The van der Waals surface area contributed by atoms with Gasteiger partial charge in [-0.05, 0) is 38.5 Å². The van der Waals surface area contributed by atoms with Crippen molar-refractivity contribution in [2.45, 2.75) is 32.7 Å². The zero-order chi connectivity index (χ0) is 15.3. The van der Waals surface area contributed by atoms with Crippen molar-refractivity contribution in [3.63, 3.8) is 0 Å². The second-order valence-electron chi connectivity index (χ2n) is 4.71. The van der Waals surface area contributed by atoms with E-state index in [2.05, 4.69) is 15.9 Å². The third-order valence-corrected chi connectivity index (χ3v) is 3.64. The minimum atomic E-state index is -0.858. The molecule has 0 aliphatic carbocycles. The Morgan fingerprint density at radius 1 is 1.40 bits per heavy atom. The summed E-state index contributed by atoms with van der Waals surface area (Å²) in [4.78, 5) is 24.7. The summed E-state index contributed by atoms with van der Waals surface area (Å²) in [5.74, 6) is -1.04. The molecule has 1 amide bonds. The molecule has 0 aliphatic rings. The number of aliphatic carboxylic acids is 1. The van der Waals surface area contributed by atoms with Crippen molar-refractivity contribution >= 4 is 39.4 Å². The van der Waals surface area contributed by atoms with Crippen LogP contribution in [0, 0.1) is 0 Å². The van der Waals surface area contributed by atoms with Crippen LogP contribution in [-0.2, 0) is 4.79 Å². The van der Waals surface area contributed by atoms with Crippen LogP contribution in [0.15, 0.2) is 22.7 Å². The van der Waals surface area contributed by atoms with Gasteiger partial charge in [0.1, 0.15) is 0 Å². The highest BCUT2D eigenvalue weighted by Gasteiger charge is 2.21. The molecule has 0 spiro atoms. The summed E-state index contributed by atoms with van der Waals surface area (Å²) < 4.78 is 0.807. The maximum absolute atomic E-state index is 12.5. The van der Waals surface area contributed by atoms with Crippen LogP contribution in [0.2, 0.25) is 5.02 Å². The number of carboxylic acid groups (broad SMARTS) is 1. The lowest BCUT2D eigenvalue weighted by molar-refractivity contribution is -0.137. The number of carboxylic acids is 1. The highest BCUT2D eigenvalue weighted by atomic mass is 79.9. The Bertz CT molecular complexity index is 505. The van der Waals surface area contributed by atoms with Gasteiger partial charge in [-0.3, -0.25) is 9.59 Å². The van der Waals surface area contributed by atoms with Crippen molar-refractivity contribution in [3.8, 4) is 0 Å². The molecule has 0 atom stereocenters. The largest absolute Gasteiger partial charge is 0.481 e. The molecule has 0 saturated carbocycles. The maximum Gasteiger partial charge on any atom is 0.303 e. The summed E-state index contributed by atoms with van der Waals surface area (Å²) in [7, 11) is 0. The summed E-state index contributed by atoms with van der Waals surface area (Å²) in [6, 6.07) is 5.08. The molecular weight excluding hydrogens is 346 g/mol. The highest BCUT2D eigenvalue weighted by Crippen LogP contribution is 2.23. The number of hydrogen-bond acceptors (Lipinski definition) is 2. The molecule has 0 aliphatic heterocycles. The van der Waals surface area contributed by atoms with Gasteiger partial charge in [0.2, 0.25) is 0 Å². The molecule has 6 heteroatoms. The molecule has 1 aromatic carbocycles. The number of nitrogens with zero attached hydrogens (tertiary/aromatic N) is 1. The second-order valence-corrected chi connectivity index (χ2v) is 6.04. The van der Waals surface area contributed by atoms with Gasteiger partial charge in [-0.2, -0.15) is 0 Å². The van der Waals surface area contributed by atoms with E-state index in [-0.39, 0.29) is 18.4 Å². The number of hydrogen-bond donors (Lipinski definition) is 1. The SMILES string of the molecule is CC(C)N(CCCC(=O)O)C(=O)c1ccc(Br)cc1Cl. The van der Waals surface area contributed by atoms with Crippen molar-refractivity contribution in [1.29, 1.82) is 0 Å². The summed E-state index contributed by atoms with van der Waals surface area (Å²) in [6.07, 6.45) is 0.470. The van der Waals surface area contributed by atoms with Crippen LogP contribution in [0.3, 0.4) is 0 Å². The Balaban J connectivity index is 2.85. The van der Waals surface area contributed by atoms with E-state index in [1.54, 1.807) is 23.1 Å². The van der Waals surface area contributed by atoms with Crippen LogP contribution in [0.25, 0.3) is 0 Å². The lowest BCUT2D eigenvalue weighted by Gasteiger charge is -2.27. The second kappa shape index (κ2) is 7.64. The fraction of sp³-hybridized carbons (Fsp3) is 0.429. The van der Waals surface area contributed by atoms with Crippen molar-refractivity contribution in [2.75, 3.05) is 6.54 Å². The Morgan fingerprint density at radius 2 is 2.05 bits per heavy atom. The van der Waals surface area contributed by atoms with Gasteiger partial charge in [-0.25, -0.2) is 0 Å². The van der Waals surface area contributed by atoms with Gasteiger partial charge in [0.25, 0.3) is 5.91 Å². The van der Waals surface area contributed by atoms with Crippen LogP contribution in [0.5, 0.6) is 0 Å². The molecule has 20 heavy (non-hydrogen) atoms. The summed E-state index contributed by atoms with van der Waals surface area (Å²) in [5, 5.41) is 9.05. The van der Waals surface area contributed by atoms with Crippen LogP contribution in [0.1, 0.15) is 37.0 Å². The number of carbonyl (C=O) groups is 2. The molecule has 0 radical (unpaired) electrons. The maximum atomic E-state index is 12.5. The van der Waals surface area contributed by atoms with Crippen molar-refractivity contribution in [1.82, 2.24) is 4.90 Å². The van der Waals surface area contributed by atoms with Crippen LogP contribution >= 0.6 is 27.5 Å². The number of rotatable bonds is 6. The molecule has 0 saturated heterocycles. The normalized spacial score (nSPS) is 10.7. The number of amides is 1. The standard InChI is InChI=1S/C14H17BrClNO3/c1-9(2)17(7-3-4-13(18)19)14(20)11-6-5-10(15)8-12(11)16/h5-6,8-9H,3-4,7H2,1-2H3,(H,18,19). The van der Waals surface area contributed by atoms with Crippen molar-refractivity contribution in [2.24, 2.45) is 0 Å². The van der Waals surface area contributed by atoms with Crippen LogP contribution in [-0.4, -0.2) is 34.5 Å². The third-order valence-electron chi connectivity index (χ3n) is 2.84. The average Bonchev–Trinajstić information content (AvgIpc) is 2.33. The first-order valence-corrected chi connectivity index (χ1v) is 7.48. The van der Waals surface area contributed by atoms with E-state index in [1.165, 1.54) is 0 Å². The molecular formula is C14H17BrClNO3. The zero-order valence-corrected chi connectivity index (χ0v) is 13.7. The first kappa shape index (κ1) is 17.0. The third kappa shape index (κ3) is 4.80. The fourth-order valence-electron chi connectivity index (χ4n) is 1.81. The quantitative estimate of drug-likeness (QED) is 0.837. The van der Waals surface area contributed by atoms with E-state index in [0.29, 0.717) is 23.6 Å². The Kier molecular flexibility index (Phi) is 6.49. The molecule has 1 rings (SSSR count). The number of carbonyl (C=O) groups excluding carboxylic acids is 1. The average molecular weight is 363 g/mol. The Morgan fingerprint density at radius 3 is 2.55 bits per heavy atom. The van der Waals surface area contributed by atoms with E-state index >= 15 is 0 Å². The minimum absolute atomic E-state index is 0.0176.